The first-order valence-electron chi connectivity index (χ1n) is 17.2. The van der Waals surface area contributed by atoms with Crippen molar-refractivity contribution in [3.63, 3.8) is 0 Å². The molecule has 0 N–H and O–H groups in total. The Morgan fingerprint density at radius 3 is 1.68 bits per heavy atom. The predicted molar refractivity (Wildman–Crippen MR) is 215 cm³/mol. The van der Waals surface area contributed by atoms with Crippen LogP contribution in [-0.2, 0) is 0 Å². The molecule has 0 aliphatic heterocycles. The van der Waals surface area contributed by atoms with Crippen molar-refractivity contribution in [2.75, 3.05) is 0 Å². The van der Waals surface area contributed by atoms with Crippen LogP contribution in [0, 0.1) is 11.8 Å². The molecule has 5 rings (SSSR count). The van der Waals surface area contributed by atoms with Crippen LogP contribution >= 0.6 is 12.1 Å². The molecule has 0 heterocycles. The second kappa shape index (κ2) is 17.9. The number of benzene rings is 2. The van der Waals surface area contributed by atoms with Crippen molar-refractivity contribution < 1.29 is 11.6 Å². The van der Waals surface area contributed by atoms with E-state index in [-0.39, 0.29) is 17.6 Å². The molecule has 0 saturated heterocycles. The molecule has 0 aromatic heterocycles. The number of aldehydes is 1. The van der Waals surface area contributed by atoms with Crippen molar-refractivity contribution in [2.24, 2.45) is 0 Å². The van der Waals surface area contributed by atoms with Crippen LogP contribution in [0.3, 0.4) is 0 Å². The van der Waals surface area contributed by atoms with E-state index in [2.05, 4.69) is 11.8 Å². The molecule has 2 atom stereocenters. The van der Waals surface area contributed by atoms with Crippen molar-refractivity contribution in [1.82, 2.24) is 0 Å². The Morgan fingerprint density at radius 1 is 0.727 bits per heavy atom. The van der Waals surface area contributed by atoms with Crippen LogP contribution < -0.4 is 0 Å². The Labute approximate surface area is 295 Å². The van der Waals surface area contributed by atoms with E-state index < -0.39 is 75.6 Å². The van der Waals surface area contributed by atoms with Gasteiger partial charge in [-0.15, -0.1) is 0 Å². The van der Waals surface area contributed by atoms with Gasteiger partial charge in [-0.05, 0) is 72.9 Å². The molecule has 1 saturated carbocycles. The molecular formula is C22H20B20OS. The van der Waals surface area contributed by atoms with Gasteiger partial charge < -0.3 is 0 Å². The summed E-state index contributed by atoms with van der Waals surface area (Å²) in [5, 5.41) is 0. The van der Waals surface area contributed by atoms with Crippen molar-refractivity contribution in [1.29, 1.82) is 0 Å². The van der Waals surface area contributed by atoms with Gasteiger partial charge in [-0.25, -0.2) is 0 Å². The van der Waals surface area contributed by atoms with E-state index in [9.17, 15) is 4.79 Å². The Morgan fingerprint density at radius 2 is 1.23 bits per heavy atom. The summed E-state index contributed by atoms with van der Waals surface area (Å²) >= 11 is 5.05. The first kappa shape index (κ1) is 30.5. The molecule has 20 radical (unpaired) electrons. The van der Waals surface area contributed by atoms with Crippen LogP contribution in [-0.4, -0.2) is 147 Å². The third-order valence-electron chi connectivity index (χ3n) is 8.77. The average molecular weight is 554 g/mol. The Kier molecular flexibility index (Phi) is 12.4. The molecule has 2 aromatic carbocycles. The van der Waals surface area contributed by atoms with Crippen molar-refractivity contribution in [3.05, 3.63) is 70.2 Å². The van der Waals surface area contributed by atoms with Crippen LogP contribution in [0.5, 0.6) is 0 Å². The van der Waals surface area contributed by atoms with E-state index in [1.54, 1.807) is 0 Å². The van der Waals surface area contributed by atoms with Crippen molar-refractivity contribution >= 4 is 159 Å². The normalized spacial score (nSPS) is 17.2. The quantitative estimate of drug-likeness (QED) is 0.194. The summed E-state index contributed by atoms with van der Waals surface area (Å²) in [6.07, 6.45) is 0.113. The number of hydrogen-bond acceptors (Lipinski definition) is 2. The third kappa shape index (κ3) is 9.61. The molecule has 1 fully saturated rings. The van der Waals surface area contributed by atoms with E-state index in [4.69, 9.17) is 96.3 Å². The standard InChI is InChI=1S/C22H20O.B20S/c23-15-20-14-22-18-8-4-7-17(11-12-18)21(22)13-19(20)10-9-16-5-2-1-3-6-16;1-12(2)18(13(3)4)17(11-21)20(16(9)10)19(14(5)6)15(7)8/h1-3,5-6,13-15,17-18H,4,7-8,11-12H2;/i1D,2D,3D,5D,6D;. The number of hydrogen-bond donors (Lipinski definition) is 0. The van der Waals surface area contributed by atoms with Crippen molar-refractivity contribution in [3.8, 4) is 11.8 Å². The van der Waals surface area contributed by atoms with Gasteiger partial charge in [0, 0.05) is 16.7 Å². The number of carbonyl (C=O) groups is 1. The van der Waals surface area contributed by atoms with Crippen LogP contribution in [0.2, 0.25) is 0 Å². The van der Waals surface area contributed by atoms with Gasteiger partial charge in [0.2, 0.25) is 0 Å². The first-order valence-corrected chi connectivity index (χ1v) is 15.2. The fraction of sp³-hybridized carbons (Fsp3) is 0.318. The molecule has 180 valence electrons. The topological polar surface area (TPSA) is 17.1 Å². The summed E-state index contributed by atoms with van der Waals surface area (Å²) in [5.41, 5.74) is 3.56. The zero-order chi connectivity index (χ0) is 36.9. The van der Waals surface area contributed by atoms with Gasteiger partial charge in [0.05, 0.1) is 6.85 Å². The van der Waals surface area contributed by atoms with Gasteiger partial charge in [0.15, 0.2) is 6.29 Å². The van der Waals surface area contributed by atoms with Gasteiger partial charge in [0.25, 0.3) is 0 Å². The van der Waals surface area contributed by atoms with Gasteiger partial charge in [0.1, 0.15) is 0 Å². The maximum atomic E-state index is 11.7. The van der Waals surface area contributed by atoms with Gasteiger partial charge in [-0.1, -0.05) is 36.4 Å². The Balaban J connectivity index is 0.000000279. The van der Waals surface area contributed by atoms with Gasteiger partial charge in [-0.2, -0.15) is 0 Å². The molecule has 3 aliphatic carbocycles. The predicted octanol–water partition coefficient (Wildman–Crippen LogP) is -1.92. The Hall–Kier alpha value is -0.811. The van der Waals surface area contributed by atoms with Crippen LogP contribution in [0.1, 0.15) is 83.4 Å². The van der Waals surface area contributed by atoms with E-state index in [1.165, 1.54) is 30.0 Å². The Bertz CT molecular complexity index is 1520. The SMILES string of the molecule is [2H]c1c([2H])c([2H])c(C#Cc2cc3c(cc2C=O)C2CCCC3CC2)c([2H])c1[2H].[B]B([B])B(B([B])[B])B(B=S)B(B([B])[B])B(B([B])[B])B([B])[B]. The molecule has 1 nitrogen and oxygen atoms in total. The summed E-state index contributed by atoms with van der Waals surface area (Å²) in [5.74, 6) is 6.66. The molecule has 0 amide bonds. The molecule has 44 heavy (non-hydrogen) atoms. The summed E-state index contributed by atoms with van der Waals surface area (Å²) in [4.78, 5) is 11.7. The summed E-state index contributed by atoms with van der Waals surface area (Å²) in [6.45, 7) is 0. The minimum absolute atomic E-state index is 0.0423. The molecule has 22 heteroatoms. The fourth-order valence-corrected chi connectivity index (χ4v) is 7.04. The number of rotatable bonds is 10. The van der Waals surface area contributed by atoms with Crippen LogP contribution in [0.4, 0.5) is 0 Å². The van der Waals surface area contributed by atoms with Gasteiger partial charge in [-0.3, -0.25) is 4.79 Å². The first-order chi connectivity index (χ1) is 23.0. The van der Waals surface area contributed by atoms with Gasteiger partial charge >= 0.3 is 153 Å². The molecule has 2 unspecified atom stereocenters. The molecule has 3 aliphatic rings. The molecule has 0 spiro atoms. The van der Waals surface area contributed by atoms with E-state index >= 15 is 0 Å². The molecule has 2 bridgehead atoms. The summed E-state index contributed by atoms with van der Waals surface area (Å²) < 4.78 is 39.2. The monoisotopic (exact) mass is 557 g/mol. The number of fused-ring (bicyclic) bond motifs is 3. The fourth-order valence-electron chi connectivity index (χ4n) is 6.68. The summed E-state index contributed by atoms with van der Waals surface area (Å²) in [7, 11) is 57.7. The van der Waals surface area contributed by atoms with E-state index in [0.29, 0.717) is 23.0 Å². The zero-order valence-corrected chi connectivity index (χ0v) is 25.6. The van der Waals surface area contributed by atoms with Crippen LogP contribution in [0.25, 0.3) is 0 Å². The zero-order valence-electron chi connectivity index (χ0n) is 29.8. The number of carbonyl (C=O) groups excluding carboxylic acids is 1. The summed E-state index contributed by atoms with van der Waals surface area (Å²) in [6, 6.07) is 3.48. The van der Waals surface area contributed by atoms with Crippen LogP contribution in [0.15, 0.2) is 42.3 Å². The maximum absolute atomic E-state index is 11.7. The van der Waals surface area contributed by atoms with Crippen molar-refractivity contribution in [2.45, 2.75) is 43.9 Å². The average Bonchev–Trinajstić information content (AvgIpc) is 3.38. The molecule has 2 aromatic rings. The van der Waals surface area contributed by atoms with E-state index in [0.717, 1.165) is 25.5 Å². The third-order valence-corrected chi connectivity index (χ3v) is 9.08. The minimum atomic E-state index is -0.858. The second-order valence-corrected chi connectivity index (χ2v) is 11.9. The molecular weight excluding hydrogens is 529 g/mol. The second-order valence-electron chi connectivity index (χ2n) is 11.7. The van der Waals surface area contributed by atoms with E-state index in [1.807, 2.05) is 12.1 Å².